The zero-order valence-corrected chi connectivity index (χ0v) is 12.3. The topological polar surface area (TPSA) is 58.2 Å². The first-order valence-electron chi connectivity index (χ1n) is 6.50. The summed E-state index contributed by atoms with van der Waals surface area (Å²) in [7, 11) is -3.21. The molecule has 2 N–H and O–H groups in total. The van der Waals surface area contributed by atoms with Crippen LogP contribution in [-0.4, -0.2) is 26.8 Å². The first kappa shape index (κ1) is 14.8. The van der Waals surface area contributed by atoms with Gasteiger partial charge in [-0.25, -0.2) is 13.1 Å². The molecule has 1 fully saturated rings. The summed E-state index contributed by atoms with van der Waals surface area (Å²) in [6.45, 7) is 1.29. The molecule has 106 valence electrons. The van der Waals surface area contributed by atoms with Crippen molar-refractivity contribution in [1.82, 2.24) is 10.0 Å². The number of nitrogens with one attached hydrogen (secondary N) is 2. The van der Waals surface area contributed by atoms with E-state index in [-0.39, 0.29) is 5.75 Å². The molecule has 1 aliphatic heterocycles. The zero-order chi connectivity index (χ0) is 13.7. The van der Waals surface area contributed by atoms with E-state index < -0.39 is 10.0 Å². The number of hydrogen-bond donors (Lipinski definition) is 2. The Kier molecular flexibility index (Phi) is 5.21. The van der Waals surface area contributed by atoms with E-state index in [1.165, 1.54) is 0 Å². The number of hydrogen-bond acceptors (Lipinski definition) is 3. The highest BCUT2D eigenvalue weighted by Crippen LogP contribution is 2.12. The molecule has 0 radical (unpaired) electrons. The van der Waals surface area contributed by atoms with Gasteiger partial charge >= 0.3 is 0 Å². The lowest BCUT2D eigenvalue weighted by atomic mass is 10.2. The van der Waals surface area contributed by atoms with Crippen LogP contribution in [0.3, 0.4) is 0 Å². The predicted molar refractivity (Wildman–Crippen MR) is 77.7 cm³/mol. The molecule has 0 spiro atoms. The van der Waals surface area contributed by atoms with Crippen LogP contribution in [0.4, 0.5) is 0 Å². The number of halogens is 1. The molecule has 0 bridgehead atoms. The molecule has 1 aliphatic rings. The molecule has 1 unspecified atom stereocenters. The molecule has 19 heavy (non-hydrogen) atoms. The Morgan fingerprint density at radius 1 is 1.42 bits per heavy atom. The molecule has 1 heterocycles. The van der Waals surface area contributed by atoms with Crippen LogP contribution in [0.25, 0.3) is 0 Å². The monoisotopic (exact) mass is 302 g/mol. The van der Waals surface area contributed by atoms with Gasteiger partial charge in [0.25, 0.3) is 0 Å². The summed E-state index contributed by atoms with van der Waals surface area (Å²) in [4.78, 5) is 0. The molecule has 0 saturated carbocycles. The first-order chi connectivity index (χ1) is 9.05. The van der Waals surface area contributed by atoms with Crippen molar-refractivity contribution in [3.8, 4) is 0 Å². The molecular weight excluding hydrogens is 284 g/mol. The highest BCUT2D eigenvalue weighted by atomic mass is 35.5. The molecule has 1 aromatic carbocycles. The van der Waals surface area contributed by atoms with Gasteiger partial charge in [0.05, 0.1) is 5.75 Å². The molecule has 6 heteroatoms. The Morgan fingerprint density at radius 3 is 2.95 bits per heavy atom. The fourth-order valence-corrected chi connectivity index (χ4v) is 3.55. The van der Waals surface area contributed by atoms with Gasteiger partial charge in [0.2, 0.25) is 10.0 Å². The first-order valence-corrected chi connectivity index (χ1v) is 8.53. The third kappa shape index (κ3) is 5.10. The largest absolute Gasteiger partial charge is 0.314 e. The van der Waals surface area contributed by atoms with E-state index in [2.05, 4.69) is 10.0 Å². The maximum atomic E-state index is 11.9. The normalized spacial score (nSPS) is 19.7. The Bertz CT molecular complexity index is 513. The molecule has 0 aromatic heterocycles. The molecule has 0 aliphatic carbocycles. The number of benzene rings is 1. The Labute approximate surface area is 119 Å². The summed E-state index contributed by atoms with van der Waals surface area (Å²) in [6, 6.07) is 7.55. The summed E-state index contributed by atoms with van der Waals surface area (Å²) < 4.78 is 26.4. The average molecular weight is 303 g/mol. The minimum atomic E-state index is -3.21. The van der Waals surface area contributed by atoms with E-state index in [0.29, 0.717) is 24.0 Å². The van der Waals surface area contributed by atoms with Gasteiger partial charge in [0.15, 0.2) is 0 Å². The van der Waals surface area contributed by atoms with Gasteiger partial charge in [-0.15, -0.1) is 0 Å². The predicted octanol–water partition coefficient (Wildman–Crippen LogP) is 1.90. The average Bonchev–Trinajstić information content (AvgIpc) is 2.88. The third-order valence-corrected chi connectivity index (χ3v) is 4.88. The van der Waals surface area contributed by atoms with E-state index in [9.17, 15) is 8.42 Å². The minimum Gasteiger partial charge on any atom is -0.314 e. The minimum absolute atomic E-state index is 0.172. The highest BCUT2D eigenvalue weighted by Gasteiger charge is 2.18. The molecule has 1 aromatic rings. The van der Waals surface area contributed by atoms with Gasteiger partial charge in [-0.1, -0.05) is 23.7 Å². The van der Waals surface area contributed by atoms with E-state index in [1.54, 1.807) is 12.1 Å². The Morgan fingerprint density at radius 2 is 2.26 bits per heavy atom. The molecule has 2 rings (SSSR count). The molecule has 0 amide bonds. The van der Waals surface area contributed by atoms with Crippen molar-refractivity contribution in [2.45, 2.75) is 31.8 Å². The van der Waals surface area contributed by atoms with Gasteiger partial charge in [0.1, 0.15) is 0 Å². The number of rotatable bonds is 6. The lowest BCUT2D eigenvalue weighted by molar-refractivity contribution is 0.553. The van der Waals surface area contributed by atoms with Crippen molar-refractivity contribution in [1.29, 1.82) is 0 Å². The standard InChI is InChI=1S/C13H19ClN2O2S/c14-12-4-1-3-11(9-12)10-16-19(17,18)8-6-13-5-2-7-15-13/h1,3-4,9,13,15-16H,2,5-8,10H2. The molecule has 1 atom stereocenters. The Hall–Kier alpha value is -0.620. The van der Waals surface area contributed by atoms with Crippen molar-refractivity contribution in [2.24, 2.45) is 0 Å². The van der Waals surface area contributed by atoms with Crippen LogP contribution in [0, 0.1) is 0 Å². The maximum absolute atomic E-state index is 11.9. The van der Waals surface area contributed by atoms with Crippen molar-refractivity contribution >= 4 is 21.6 Å². The number of sulfonamides is 1. The van der Waals surface area contributed by atoms with Crippen molar-refractivity contribution in [2.75, 3.05) is 12.3 Å². The summed E-state index contributed by atoms with van der Waals surface area (Å²) in [5, 5.41) is 3.92. The zero-order valence-electron chi connectivity index (χ0n) is 10.7. The fraction of sp³-hybridized carbons (Fsp3) is 0.538. The molecule has 1 saturated heterocycles. The van der Waals surface area contributed by atoms with Gasteiger partial charge in [-0.3, -0.25) is 0 Å². The summed E-state index contributed by atoms with van der Waals surface area (Å²) in [5.41, 5.74) is 0.870. The van der Waals surface area contributed by atoms with Crippen molar-refractivity contribution in [3.63, 3.8) is 0 Å². The van der Waals surface area contributed by atoms with Crippen LogP contribution in [0.1, 0.15) is 24.8 Å². The van der Waals surface area contributed by atoms with Gasteiger partial charge in [-0.05, 0) is 43.5 Å². The highest BCUT2D eigenvalue weighted by molar-refractivity contribution is 7.89. The maximum Gasteiger partial charge on any atom is 0.211 e. The third-order valence-electron chi connectivity index (χ3n) is 3.28. The smallest absolute Gasteiger partial charge is 0.211 e. The summed E-state index contributed by atoms with van der Waals surface area (Å²) in [6.07, 6.45) is 2.88. The lowest BCUT2D eigenvalue weighted by Crippen LogP contribution is -2.30. The Balaban J connectivity index is 1.80. The van der Waals surface area contributed by atoms with Crippen molar-refractivity contribution < 1.29 is 8.42 Å². The summed E-state index contributed by atoms with van der Waals surface area (Å²) in [5.74, 6) is 0.172. The van der Waals surface area contributed by atoms with Crippen LogP contribution in [0.5, 0.6) is 0 Å². The van der Waals surface area contributed by atoms with Gasteiger partial charge in [0, 0.05) is 17.6 Å². The van der Waals surface area contributed by atoms with Crippen LogP contribution < -0.4 is 10.0 Å². The fourth-order valence-electron chi connectivity index (χ4n) is 2.21. The van der Waals surface area contributed by atoms with Gasteiger partial charge < -0.3 is 5.32 Å². The second-order valence-corrected chi connectivity index (χ2v) is 7.21. The van der Waals surface area contributed by atoms with Crippen LogP contribution in [-0.2, 0) is 16.6 Å². The molecule has 4 nitrogen and oxygen atoms in total. The quantitative estimate of drug-likeness (QED) is 0.844. The second-order valence-electron chi connectivity index (χ2n) is 4.85. The lowest BCUT2D eigenvalue weighted by Gasteiger charge is -2.11. The van der Waals surface area contributed by atoms with Crippen LogP contribution >= 0.6 is 11.6 Å². The van der Waals surface area contributed by atoms with Crippen LogP contribution in [0.15, 0.2) is 24.3 Å². The van der Waals surface area contributed by atoms with E-state index in [0.717, 1.165) is 24.9 Å². The van der Waals surface area contributed by atoms with E-state index >= 15 is 0 Å². The summed E-state index contributed by atoms with van der Waals surface area (Å²) >= 11 is 5.86. The van der Waals surface area contributed by atoms with Crippen molar-refractivity contribution in [3.05, 3.63) is 34.9 Å². The molecular formula is C13H19ClN2O2S. The van der Waals surface area contributed by atoms with Gasteiger partial charge in [-0.2, -0.15) is 0 Å². The van der Waals surface area contributed by atoms with E-state index in [1.807, 2.05) is 12.1 Å². The SMILES string of the molecule is O=S(=O)(CCC1CCCN1)NCc1cccc(Cl)c1. The second kappa shape index (κ2) is 6.70. The van der Waals surface area contributed by atoms with E-state index in [4.69, 9.17) is 11.6 Å². The van der Waals surface area contributed by atoms with Crippen LogP contribution in [0.2, 0.25) is 5.02 Å².